The number of aliphatic carboxylic acids is 1. The Morgan fingerprint density at radius 2 is 2.11 bits per heavy atom. The van der Waals surface area contributed by atoms with Gasteiger partial charge in [-0.15, -0.1) is 0 Å². The van der Waals surface area contributed by atoms with Gasteiger partial charge in [-0.05, 0) is 6.92 Å². The molecule has 0 aliphatic carbocycles. The van der Waals surface area contributed by atoms with Gasteiger partial charge in [-0.2, -0.15) is 0 Å². The van der Waals surface area contributed by atoms with Crippen molar-refractivity contribution in [1.29, 1.82) is 0 Å². The molecule has 0 bridgehead atoms. The molecule has 4 amide bonds. The Balaban J connectivity index is 2.58. The number of imide groups is 1. The zero-order valence-electron chi connectivity index (χ0n) is 9.54. The van der Waals surface area contributed by atoms with Crippen molar-refractivity contribution in [3.8, 4) is 0 Å². The van der Waals surface area contributed by atoms with Gasteiger partial charge in [0.25, 0.3) is 5.91 Å². The second kappa shape index (κ2) is 5.45. The minimum Gasteiger partial charge on any atom is -0.480 e. The number of carbonyl (C=O) groups is 4. The molecule has 0 saturated carbocycles. The van der Waals surface area contributed by atoms with Crippen molar-refractivity contribution in [1.82, 2.24) is 15.5 Å². The minimum absolute atomic E-state index is 0.190. The fraction of sp³-hybridized carbons (Fsp3) is 0.556. The van der Waals surface area contributed by atoms with Crippen LogP contribution in [0.15, 0.2) is 0 Å². The quantitative estimate of drug-likeness (QED) is 0.402. The van der Waals surface area contributed by atoms with Gasteiger partial charge in [0.05, 0.1) is 12.6 Å². The number of aliphatic hydroxyl groups is 1. The molecular formula is C9H13N3O6. The fourth-order valence-electron chi connectivity index (χ4n) is 1.37. The molecule has 0 radical (unpaired) electrons. The third-order valence-corrected chi connectivity index (χ3v) is 2.30. The molecule has 9 heteroatoms. The normalized spacial score (nSPS) is 18.2. The average molecular weight is 259 g/mol. The lowest BCUT2D eigenvalue weighted by Gasteiger charge is -2.18. The highest BCUT2D eigenvalue weighted by atomic mass is 16.4. The van der Waals surface area contributed by atoms with E-state index in [0.29, 0.717) is 4.90 Å². The summed E-state index contributed by atoms with van der Waals surface area (Å²) in [5.41, 5.74) is 0. The molecule has 0 aromatic heterocycles. The van der Waals surface area contributed by atoms with E-state index < -0.39 is 42.5 Å². The first-order valence-electron chi connectivity index (χ1n) is 5.11. The molecule has 1 aliphatic heterocycles. The molecule has 1 fully saturated rings. The molecule has 18 heavy (non-hydrogen) atoms. The van der Waals surface area contributed by atoms with Crippen LogP contribution in [0.3, 0.4) is 0 Å². The smallest absolute Gasteiger partial charge is 0.328 e. The van der Waals surface area contributed by atoms with Gasteiger partial charge >= 0.3 is 12.0 Å². The van der Waals surface area contributed by atoms with Gasteiger partial charge in [0.1, 0.15) is 6.54 Å². The second-order valence-corrected chi connectivity index (χ2v) is 3.76. The van der Waals surface area contributed by atoms with Crippen molar-refractivity contribution in [3.05, 3.63) is 0 Å². The number of aliphatic hydroxyl groups excluding tert-OH is 1. The summed E-state index contributed by atoms with van der Waals surface area (Å²) in [5.74, 6) is -2.82. The lowest BCUT2D eigenvalue weighted by Crippen LogP contribution is -2.51. The van der Waals surface area contributed by atoms with Gasteiger partial charge in [0, 0.05) is 0 Å². The second-order valence-electron chi connectivity index (χ2n) is 3.76. The van der Waals surface area contributed by atoms with Crippen LogP contribution in [0.1, 0.15) is 6.92 Å². The van der Waals surface area contributed by atoms with E-state index in [2.05, 4.69) is 5.32 Å². The van der Waals surface area contributed by atoms with E-state index in [0.717, 1.165) is 0 Å². The number of hydrogen-bond donors (Lipinski definition) is 4. The highest BCUT2D eigenvalue weighted by Crippen LogP contribution is 1.99. The maximum atomic E-state index is 11.4. The zero-order chi connectivity index (χ0) is 13.9. The summed E-state index contributed by atoms with van der Waals surface area (Å²) in [6.07, 6.45) is -1.30. The molecule has 100 valence electrons. The molecule has 2 atom stereocenters. The molecule has 0 unspecified atom stereocenters. The van der Waals surface area contributed by atoms with Crippen molar-refractivity contribution in [2.75, 3.05) is 13.1 Å². The third-order valence-electron chi connectivity index (χ3n) is 2.30. The molecule has 1 heterocycles. The minimum atomic E-state index is -1.49. The van der Waals surface area contributed by atoms with E-state index in [1.165, 1.54) is 6.92 Å². The van der Waals surface area contributed by atoms with Crippen LogP contribution in [0.25, 0.3) is 0 Å². The predicted octanol–water partition coefficient (Wildman–Crippen LogP) is -2.51. The van der Waals surface area contributed by atoms with E-state index >= 15 is 0 Å². The van der Waals surface area contributed by atoms with Crippen LogP contribution in [-0.4, -0.2) is 64.2 Å². The lowest BCUT2D eigenvalue weighted by molar-refractivity contribution is -0.145. The molecule has 0 aromatic carbocycles. The van der Waals surface area contributed by atoms with Gasteiger partial charge in [-0.1, -0.05) is 0 Å². The van der Waals surface area contributed by atoms with Crippen LogP contribution in [0, 0.1) is 0 Å². The van der Waals surface area contributed by atoms with Crippen molar-refractivity contribution in [3.63, 3.8) is 0 Å². The van der Waals surface area contributed by atoms with E-state index in [4.69, 9.17) is 10.2 Å². The Morgan fingerprint density at radius 1 is 1.50 bits per heavy atom. The number of urea groups is 1. The van der Waals surface area contributed by atoms with Crippen LogP contribution in [0.2, 0.25) is 0 Å². The third kappa shape index (κ3) is 3.17. The first-order chi connectivity index (χ1) is 8.32. The summed E-state index contributed by atoms with van der Waals surface area (Å²) < 4.78 is 0. The average Bonchev–Trinajstić information content (AvgIpc) is 2.56. The van der Waals surface area contributed by atoms with Gasteiger partial charge in [-0.3, -0.25) is 14.5 Å². The largest absolute Gasteiger partial charge is 0.480 e. The summed E-state index contributed by atoms with van der Waals surface area (Å²) in [5, 5.41) is 22.1. The van der Waals surface area contributed by atoms with Gasteiger partial charge in [-0.25, -0.2) is 9.59 Å². The van der Waals surface area contributed by atoms with E-state index in [9.17, 15) is 19.2 Å². The highest BCUT2D eigenvalue weighted by molar-refractivity contribution is 6.04. The van der Waals surface area contributed by atoms with E-state index in [1.54, 1.807) is 0 Å². The van der Waals surface area contributed by atoms with E-state index in [-0.39, 0.29) is 6.54 Å². The molecule has 4 N–H and O–H groups in total. The summed E-state index contributed by atoms with van der Waals surface area (Å²) in [6, 6.07) is -2.20. The number of hydrogen-bond acceptors (Lipinski definition) is 5. The fourth-order valence-corrected chi connectivity index (χ4v) is 1.37. The number of nitrogens with one attached hydrogen (secondary N) is 2. The zero-order valence-corrected chi connectivity index (χ0v) is 9.54. The maximum absolute atomic E-state index is 11.4. The Bertz CT molecular complexity index is 378. The highest BCUT2D eigenvalue weighted by Gasteiger charge is 2.32. The molecule has 0 spiro atoms. The van der Waals surface area contributed by atoms with Crippen LogP contribution < -0.4 is 10.6 Å². The number of carboxylic acids is 1. The first kappa shape index (κ1) is 13.9. The van der Waals surface area contributed by atoms with Crippen molar-refractivity contribution in [2.45, 2.75) is 19.1 Å². The molecule has 9 nitrogen and oxygen atoms in total. The van der Waals surface area contributed by atoms with Gasteiger partial charge in [0.15, 0.2) is 6.04 Å². The Morgan fingerprint density at radius 3 is 2.50 bits per heavy atom. The standard InChI is InChI=1S/C9H13N3O6/c1-4(13)7(8(16)17)11-5(14)3-12-6(15)2-10-9(12)18/h4,7,13H,2-3H2,1H3,(H,10,18)(H,11,14)(H,16,17)/t4-,7+/m1/s1. The van der Waals surface area contributed by atoms with Crippen LogP contribution in [0.5, 0.6) is 0 Å². The topological polar surface area (TPSA) is 136 Å². The first-order valence-corrected chi connectivity index (χ1v) is 5.11. The number of nitrogens with zero attached hydrogens (tertiary/aromatic N) is 1. The van der Waals surface area contributed by atoms with E-state index in [1.807, 2.05) is 5.32 Å². The molecule has 1 saturated heterocycles. The predicted molar refractivity (Wildman–Crippen MR) is 56.4 cm³/mol. The summed E-state index contributed by atoms with van der Waals surface area (Å²) in [6.45, 7) is 0.429. The Labute approximate surface area is 102 Å². The van der Waals surface area contributed by atoms with Crippen LogP contribution in [0.4, 0.5) is 4.79 Å². The number of rotatable bonds is 5. The Kier molecular flexibility index (Phi) is 4.21. The monoisotopic (exact) mass is 259 g/mol. The van der Waals surface area contributed by atoms with Crippen LogP contribution in [-0.2, 0) is 14.4 Å². The summed E-state index contributed by atoms with van der Waals surface area (Å²) in [4.78, 5) is 45.1. The Hall–Kier alpha value is -2.16. The SMILES string of the molecule is C[C@@H](O)[C@H](NC(=O)CN1C(=O)CNC1=O)C(=O)O. The molecule has 1 aliphatic rings. The maximum Gasteiger partial charge on any atom is 0.328 e. The summed E-state index contributed by atoms with van der Waals surface area (Å²) >= 11 is 0. The molecule has 0 aromatic rings. The number of carbonyl (C=O) groups excluding carboxylic acids is 3. The lowest BCUT2D eigenvalue weighted by atomic mass is 10.2. The van der Waals surface area contributed by atoms with Gasteiger partial charge < -0.3 is 20.8 Å². The van der Waals surface area contributed by atoms with Crippen molar-refractivity contribution >= 4 is 23.8 Å². The summed E-state index contributed by atoms with van der Waals surface area (Å²) in [7, 11) is 0. The van der Waals surface area contributed by atoms with Crippen molar-refractivity contribution in [2.24, 2.45) is 0 Å². The van der Waals surface area contributed by atoms with Crippen LogP contribution >= 0.6 is 0 Å². The number of carboxylic acid groups (broad SMARTS) is 1. The number of amides is 4. The molecule has 1 rings (SSSR count). The van der Waals surface area contributed by atoms with Crippen molar-refractivity contribution < 1.29 is 29.4 Å². The molecular weight excluding hydrogens is 246 g/mol. The van der Waals surface area contributed by atoms with Gasteiger partial charge in [0.2, 0.25) is 5.91 Å².